The van der Waals surface area contributed by atoms with Crippen LogP contribution in [0.4, 0.5) is 0 Å². The molecule has 2 N–H and O–H groups in total. The van der Waals surface area contributed by atoms with Crippen LogP contribution in [0.3, 0.4) is 0 Å². The lowest BCUT2D eigenvalue weighted by Crippen LogP contribution is -2.41. The van der Waals surface area contributed by atoms with Gasteiger partial charge in [0.15, 0.2) is 5.69 Å². The van der Waals surface area contributed by atoms with Crippen molar-refractivity contribution in [2.24, 2.45) is 0 Å². The molecule has 18 heavy (non-hydrogen) atoms. The third-order valence-corrected chi connectivity index (χ3v) is 3.31. The number of H-pyrrole nitrogens is 1. The molecular formula is C12H21N5O. The van der Waals surface area contributed by atoms with E-state index in [1.165, 1.54) is 12.6 Å². The number of nitrogens with one attached hydrogen (secondary N) is 2. The van der Waals surface area contributed by atoms with Crippen LogP contribution >= 0.6 is 0 Å². The molecule has 100 valence electrons. The summed E-state index contributed by atoms with van der Waals surface area (Å²) in [6.07, 6.45) is 5.94. The van der Waals surface area contributed by atoms with E-state index in [1.54, 1.807) is 0 Å². The van der Waals surface area contributed by atoms with Crippen LogP contribution in [0.2, 0.25) is 0 Å². The zero-order valence-electron chi connectivity index (χ0n) is 10.9. The van der Waals surface area contributed by atoms with E-state index in [-0.39, 0.29) is 5.91 Å². The summed E-state index contributed by atoms with van der Waals surface area (Å²) in [5.74, 6) is -0.0223. The summed E-state index contributed by atoms with van der Waals surface area (Å²) < 4.78 is 0. The highest BCUT2D eigenvalue weighted by atomic mass is 16.2. The van der Waals surface area contributed by atoms with Crippen molar-refractivity contribution in [3.8, 4) is 0 Å². The summed E-state index contributed by atoms with van der Waals surface area (Å²) in [6, 6.07) is 0.428. The Morgan fingerprint density at radius 1 is 1.61 bits per heavy atom. The SMILES string of the molecule is CCCCN(CC1CCCN1)C(=O)c1cn[nH]n1. The van der Waals surface area contributed by atoms with Crippen LogP contribution in [-0.2, 0) is 0 Å². The molecule has 1 fully saturated rings. The molecule has 0 aromatic carbocycles. The molecule has 2 rings (SSSR count). The molecule has 0 bridgehead atoms. The Hall–Kier alpha value is -1.43. The number of aromatic amines is 1. The Kier molecular flexibility index (Phi) is 4.69. The Balaban J connectivity index is 1.96. The number of amides is 1. The van der Waals surface area contributed by atoms with Gasteiger partial charge in [0.1, 0.15) is 0 Å². The second-order valence-electron chi connectivity index (χ2n) is 4.75. The van der Waals surface area contributed by atoms with E-state index in [9.17, 15) is 4.79 Å². The maximum absolute atomic E-state index is 12.3. The van der Waals surface area contributed by atoms with Crippen LogP contribution in [0.25, 0.3) is 0 Å². The quantitative estimate of drug-likeness (QED) is 0.784. The monoisotopic (exact) mass is 251 g/mol. The highest BCUT2D eigenvalue weighted by molar-refractivity contribution is 5.91. The number of carbonyl (C=O) groups is 1. The van der Waals surface area contributed by atoms with Crippen LogP contribution in [0.15, 0.2) is 6.20 Å². The van der Waals surface area contributed by atoms with Gasteiger partial charge < -0.3 is 10.2 Å². The van der Waals surface area contributed by atoms with E-state index in [1.807, 2.05) is 4.90 Å². The van der Waals surface area contributed by atoms with Gasteiger partial charge in [0.2, 0.25) is 0 Å². The van der Waals surface area contributed by atoms with Crippen LogP contribution < -0.4 is 5.32 Å². The van der Waals surface area contributed by atoms with Gasteiger partial charge in [0, 0.05) is 19.1 Å². The molecular weight excluding hydrogens is 230 g/mol. The average Bonchev–Trinajstić information content (AvgIpc) is 3.06. The molecule has 0 spiro atoms. The Labute approximate surface area is 107 Å². The van der Waals surface area contributed by atoms with E-state index >= 15 is 0 Å². The topological polar surface area (TPSA) is 73.9 Å². The number of hydrogen-bond acceptors (Lipinski definition) is 4. The first-order valence-electron chi connectivity index (χ1n) is 6.69. The average molecular weight is 251 g/mol. The third kappa shape index (κ3) is 3.29. The number of rotatable bonds is 6. The number of unbranched alkanes of at least 4 members (excludes halogenated alkanes) is 1. The van der Waals surface area contributed by atoms with Crippen molar-refractivity contribution in [3.05, 3.63) is 11.9 Å². The number of nitrogens with zero attached hydrogens (tertiary/aromatic N) is 3. The standard InChI is InChI=1S/C12H21N5O/c1-2-3-7-17(9-10-5-4-6-13-10)12(18)11-8-14-16-15-11/h8,10,13H,2-7,9H2,1H3,(H,14,15,16). The first-order chi connectivity index (χ1) is 8.81. The van der Waals surface area contributed by atoms with Crippen LogP contribution in [0.1, 0.15) is 43.1 Å². The van der Waals surface area contributed by atoms with Crippen LogP contribution in [0, 0.1) is 0 Å². The third-order valence-electron chi connectivity index (χ3n) is 3.31. The van der Waals surface area contributed by atoms with E-state index in [4.69, 9.17) is 0 Å². The fraction of sp³-hybridized carbons (Fsp3) is 0.750. The molecule has 1 atom stereocenters. The molecule has 1 aliphatic heterocycles. The van der Waals surface area contributed by atoms with Gasteiger partial charge in [0.05, 0.1) is 6.20 Å². The zero-order valence-corrected chi connectivity index (χ0v) is 10.9. The van der Waals surface area contributed by atoms with E-state index in [0.29, 0.717) is 11.7 Å². The first kappa shape index (κ1) is 13.0. The molecule has 6 heteroatoms. The van der Waals surface area contributed by atoms with Gasteiger partial charge in [-0.1, -0.05) is 13.3 Å². The molecule has 6 nitrogen and oxygen atoms in total. The van der Waals surface area contributed by atoms with Crippen molar-refractivity contribution in [3.63, 3.8) is 0 Å². The molecule has 0 saturated carbocycles. The Bertz CT molecular complexity index is 359. The van der Waals surface area contributed by atoms with Gasteiger partial charge >= 0.3 is 0 Å². The van der Waals surface area contributed by atoms with Crippen molar-refractivity contribution in [2.45, 2.75) is 38.6 Å². The lowest BCUT2D eigenvalue weighted by atomic mass is 10.2. The highest BCUT2D eigenvalue weighted by Crippen LogP contribution is 2.10. The van der Waals surface area contributed by atoms with Crippen LogP contribution in [0.5, 0.6) is 0 Å². The molecule has 1 aromatic rings. The molecule has 0 aliphatic carbocycles. The lowest BCUT2D eigenvalue weighted by Gasteiger charge is -2.25. The molecule has 2 heterocycles. The van der Waals surface area contributed by atoms with Crippen molar-refractivity contribution in [2.75, 3.05) is 19.6 Å². The first-order valence-corrected chi connectivity index (χ1v) is 6.69. The van der Waals surface area contributed by atoms with E-state index in [0.717, 1.165) is 38.9 Å². The molecule has 1 unspecified atom stereocenters. The van der Waals surface area contributed by atoms with Gasteiger partial charge in [-0.05, 0) is 25.8 Å². The van der Waals surface area contributed by atoms with Gasteiger partial charge in [-0.25, -0.2) is 0 Å². The minimum Gasteiger partial charge on any atom is -0.336 e. The normalized spacial score (nSPS) is 19.1. The molecule has 0 radical (unpaired) electrons. The van der Waals surface area contributed by atoms with Crippen molar-refractivity contribution < 1.29 is 4.79 Å². The maximum Gasteiger partial charge on any atom is 0.276 e. The van der Waals surface area contributed by atoms with E-state index < -0.39 is 0 Å². The minimum absolute atomic E-state index is 0.0223. The summed E-state index contributed by atoms with van der Waals surface area (Å²) >= 11 is 0. The second kappa shape index (κ2) is 6.49. The summed E-state index contributed by atoms with van der Waals surface area (Å²) in [7, 11) is 0. The zero-order chi connectivity index (χ0) is 12.8. The minimum atomic E-state index is -0.0223. The summed E-state index contributed by atoms with van der Waals surface area (Å²) in [4.78, 5) is 14.2. The Morgan fingerprint density at radius 3 is 3.11 bits per heavy atom. The van der Waals surface area contributed by atoms with Crippen molar-refractivity contribution in [1.29, 1.82) is 0 Å². The number of carbonyl (C=O) groups excluding carboxylic acids is 1. The van der Waals surface area contributed by atoms with Crippen molar-refractivity contribution >= 4 is 5.91 Å². The van der Waals surface area contributed by atoms with Gasteiger partial charge in [0.25, 0.3) is 5.91 Å². The van der Waals surface area contributed by atoms with Crippen molar-refractivity contribution in [1.82, 2.24) is 25.6 Å². The fourth-order valence-electron chi connectivity index (χ4n) is 2.27. The molecule has 1 aliphatic rings. The smallest absolute Gasteiger partial charge is 0.276 e. The summed E-state index contributed by atoms with van der Waals surface area (Å²) in [6.45, 7) is 4.75. The predicted octanol–water partition coefficient (Wildman–Crippen LogP) is 0.799. The van der Waals surface area contributed by atoms with E-state index in [2.05, 4.69) is 27.7 Å². The second-order valence-corrected chi connectivity index (χ2v) is 4.75. The predicted molar refractivity (Wildman–Crippen MR) is 68.2 cm³/mol. The largest absolute Gasteiger partial charge is 0.336 e. The summed E-state index contributed by atoms with van der Waals surface area (Å²) in [5, 5.41) is 13.5. The summed E-state index contributed by atoms with van der Waals surface area (Å²) in [5.41, 5.74) is 0.407. The van der Waals surface area contributed by atoms with Crippen LogP contribution in [-0.4, -0.2) is 51.9 Å². The molecule has 1 amide bonds. The van der Waals surface area contributed by atoms with Gasteiger partial charge in [-0.3, -0.25) is 4.79 Å². The number of aromatic nitrogens is 3. The molecule has 1 saturated heterocycles. The number of hydrogen-bond donors (Lipinski definition) is 2. The maximum atomic E-state index is 12.3. The lowest BCUT2D eigenvalue weighted by molar-refractivity contribution is 0.0733. The Morgan fingerprint density at radius 2 is 2.50 bits per heavy atom. The van der Waals surface area contributed by atoms with Gasteiger partial charge in [-0.2, -0.15) is 15.4 Å². The van der Waals surface area contributed by atoms with Gasteiger partial charge in [-0.15, -0.1) is 0 Å². The highest BCUT2D eigenvalue weighted by Gasteiger charge is 2.23. The molecule has 1 aromatic heterocycles. The fourth-order valence-corrected chi connectivity index (χ4v) is 2.27.